The predicted octanol–water partition coefficient (Wildman–Crippen LogP) is 1.10. The number of carbonyl (C=O) groups excluding carboxylic acids is 1. The number of nitrogen functional groups attached to an aromatic ring is 1. The lowest BCUT2D eigenvalue weighted by Gasteiger charge is -2.20. The summed E-state index contributed by atoms with van der Waals surface area (Å²) in [6.45, 7) is 4.00. The van der Waals surface area contributed by atoms with Crippen molar-refractivity contribution in [2.24, 2.45) is 0 Å². The molecule has 0 radical (unpaired) electrons. The molecule has 2 rings (SSSR count). The highest BCUT2D eigenvalue weighted by Gasteiger charge is 2.23. The molecular weight excluding hydrogens is 300 g/mol. The fourth-order valence-corrected chi connectivity index (χ4v) is 2.33. The van der Waals surface area contributed by atoms with Gasteiger partial charge in [0.15, 0.2) is 5.69 Å². The van der Waals surface area contributed by atoms with E-state index in [4.69, 9.17) is 10.2 Å². The van der Waals surface area contributed by atoms with Crippen LogP contribution in [0, 0.1) is 6.92 Å². The van der Waals surface area contributed by atoms with Crippen LogP contribution in [0.15, 0.2) is 26.3 Å². The van der Waals surface area contributed by atoms with E-state index in [1.165, 1.54) is 23.9 Å². The molecule has 0 unspecified atom stereocenters. The SMILES string of the molecule is CCCCn1c(N)c(N(C)C(=O)c2ccoc2C)c(=O)[nH]c1=O. The fourth-order valence-electron chi connectivity index (χ4n) is 2.33. The molecule has 0 atom stereocenters. The van der Waals surface area contributed by atoms with E-state index >= 15 is 0 Å². The molecule has 8 nitrogen and oxygen atoms in total. The summed E-state index contributed by atoms with van der Waals surface area (Å²) in [4.78, 5) is 39.9. The Balaban J connectivity index is 2.50. The van der Waals surface area contributed by atoms with Gasteiger partial charge in [0, 0.05) is 13.6 Å². The third-order valence-corrected chi connectivity index (χ3v) is 3.68. The molecule has 0 bridgehead atoms. The summed E-state index contributed by atoms with van der Waals surface area (Å²) in [5.41, 5.74) is 4.99. The fraction of sp³-hybridized carbons (Fsp3) is 0.400. The average Bonchev–Trinajstić information content (AvgIpc) is 2.92. The maximum absolute atomic E-state index is 12.5. The summed E-state index contributed by atoms with van der Waals surface area (Å²) in [6.07, 6.45) is 2.99. The van der Waals surface area contributed by atoms with Gasteiger partial charge < -0.3 is 15.1 Å². The maximum atomic E-state index is 12.5. The predicted molar refractivity (Wildman–Crippen MR) is 86.8 cm³/mol. The number of hydrogen-bond acceptors (Lipinski definition) is 5. The zero-order valence-corrected chi connectivity index (χ0v) is 13.4. The highest BCUT2D eigenvalue weighted by Crippen LogP contribution is 2.19. The van der Waals surface area contributed by atoms with Crippen LogP contribution in [-0.2, 0) is 6.54 Å². The van der Waals surface area contributed by atoms with Gasteiger partial charge >= 0.3 is 5.69 Å². The zero-order chi connectivity index (χ0) is 17.1. The molecule has 2 aromatic rings. The monoisotopic (exact) mass is 320 g/mol. The molecule has 0 aliphatic rings. The Morgan fingerprint density at radius 3 is 2.70 bits per heavy atom. The minimum absolute atomic E-state index is 0.0239. The van der Waals surface area contributed by atoms with Crippen LogP contribution in [0.4, 0.5) is 11.5 Å². The lowest BCUT2D eigenvalue weighted by molar-refractivity contribution is 0.0991. The number of furan rings is 1. The molecule has 0 fully saturated rings. The van der Waals surface area contributed by atoms with Crippen molar-refractivity contribution < 1.29 is 9.21 Å². The molecule has 0 saturated heterocycles. The van der Waals surface area contributed by atoms with E-state index in [1.54, 1.807) is 6.92 Å². The van der Waals surface area contributed by atoms with Gasteiger partial charge in [-0.05, 0) is 19.4 Å². The molecule has 1 amide bonds. The average molecular weight is 320 g/mol. The summed E-state index contributed by atoms with van der Waals surface area (Å²) < 4.78 is 6.38. The topological polar surface area (TPSA) is 114 Å². The van der Waals surface area contributed by atoms with Gasteiger partial charge in [0.2, 0.25) is 0 Å². The van der Waals surface area contributed by atoms with Crippen molar-refractivity contribution in [2.75, 3.05) is 17.7 Å². The third-order valence-electron chi connectivity index (χ3n) is 3.68. The van der Waals surface area contributed by atoms with E-state index in [-0.39, 0.29) is 11.5 Å². The minimum Gasteiger partial charge on any atom is -0.469 e. The van der Waals surface area contributed by atoms with Crippen molar-refractivity contribution >= 4 is 17.4 Å². The summed E-state index contributed by atoms with van der Waals surface area (Å²) in [5, 5.41) is 0. The molecule has 8 heteroatoms. The maximum Gasteiger partial charge on any atom is 0.330 e. The van der Waals surface area contributed by atoms with Crippen molar-refractivity contribution in [2.45, 2.75) is 33.2 Å². The number of nitrogens with zero attached hydrogens (tertiary/aromatic N) is 2. The standard InChI is InChI=1S/C15H20N4O4/c1-4-5-7-19-12(16)11(13(20)17-15(19)22)18(3)14(21)10-6-8-23-9(10)2/h6,8H,4-5,7,16H2,1-3H3,(H,17,20,22). The molecule has 0 spiro atoms. The second-order valence-corrected chi connectivity index (χ2v) is 5.25. The molecular formula is C15H20N4O4. The molecule has 2 aromatic heterocycles. The first kappa shape index (κ1) is 16.6. The van der Waals surface area contributed by atoms with E-state index in [9.17, 15) is 14.4 Å². The number of aryl methyl sites for hydroxylation is 1. The molecule has 0 saturated carbocycles. The van der Waals surface area contributed by atoms with Crippen LogP contribution in [0.1, 0.15) is 35.9 Å². The number of aromatic nitrogens is 2. The number of rotatable bonds is 5. The normalized spacial score (nSPS) is 10.7. The molecule has 23 heavy (non-hydrogen) atoms. The molecule has 0 aromatic carbocycles. The van der Waals surface area contributed by atoms with Crippen LogP contribution in [0.2, 0.25) is 0 Å². The van der Waals surface area contributed by atoms with Gasteiger partial charge in [-0.2, -0.15) is 0 Å². The Kier molecular flexibility index (Phi) is 4.73. The van der Waals surface area contributed by atoms with Gasteiger partial charge in [0.05, 0.1) is 11.8 Å². The number of hydrogen-bond donors (Lipinski definition) is 2. The van der Waals surface area contributed by atoms with E-state index in [0.717, 1.165) is 17.7 Å². The number of H-pyrrole nitrogens is 1. The number of aromatic amines is 1. The largest absolute Gasteiger partial charge is 0.469 e. The Morgan fingerprint density at radius 2 is 2.13 bits per heavy atom. The minimum atomic E-state index is -0.697. The first-order valence-electron chi connectivity index (χ1n) is 7.33. The van der Waals surface area contributed by atoms with Crippen molar-refractivity contribution in [1.82, 2.24) is 9.55 Å². The van der Waals surface area contributed by atoms with Gasteiger partial charge in [0.25, 0.3) is 11.5 Å². The molecule has 124 valence electrons. The summed E-state index contributed by atoms with van der Waals surface area (Å²) in [6, 6.07) is 1.52. The summed E-state index contributed by atoms with van der Waals surface area (Å²) in [7, 11) is 1.43. The van der Waals surface area contributed by atoms with Gasteiger partial charge in [-0.1, -0.05) is 13.3 Å². The van der Waals surface area contributed by atoms with Crippen molar-refractivity contribution in [3.8, 4) is 0 Å². The third kappa shape index (κ3) is 3.05. The zero-order valence-electron chi connectivity index (χ0n) is 13.4. The van der Waals surface area contributed by atoms with Crippen LogP contribution in [0.5, 0.6) is 0 Å². The second kappa shape index (κ2) is 6.55. The van der Waals surface area contributed by atoms with E-state index in [0.29, 0.717) is 17.9 Å². The number of anilines is 2. The molecule has 3 N–H and O–H groups in total. The molecule has 0 aliphatic heterocycles. The van der Waals surface area contributed by atoms with Crippen LogP contribution in [-0.4, -0.2) is 22.5 Å². The molecule has 2 heterocycles. The lowest BCUT2D eigenvalue weighted by Crippen LogP contribution is -2.39. The smallest absolute Gasteiger partial charge is 0.330 e. The van der Waals surface area contributed by atoms with E-state index < -0.39 is 17.2 Å². The highest BCUT2D eigenvalue weighted by atomic mass is 16.3. The Bertz CT molecular complexity index is 831. The number of amides is 1. The Hall–Kier alpha value is -2.77. The van der Waals surface area contributed by atoms with Crippen LogP contribution < -0.4 is 21.9 Å². The lowest BCUT2D eigenvalue weighted by atomic mass is 10.2. The van der Waals surface area contributed by atoms with Crippen LogP contribution >= 0.6 is 0 Å². The second-order valence-electron chi connectivity index (χ2n) is 5.25. The van der Waals surface area contributed by atoms with Gasteiger partial charge in [-0.25, -0.2) is 4.79 Å². The number of nitrogens with two attached hydrogens (primary N) is 1. The van der Waals surface area contributed by atoms with Crippen molar-refractivity contribution in [1.29, 1.82) is 0 Å². The number of carbonyl (C=O) groups is 1. The van der Waals surface area contributed by atoms with Gasteiger partial charge in [-0.15, -0.1) is 0 Å². The highest BCUT2D eigenvalue weighted by molar-refractivity contribution is 6.07. The van der Waals surface area contributed by atoms with Gasteiger partial charge in [0.1, 0.15) is 11.6 Å². The number of nitrogens with one attached hydrogen (secondary N) is 1. The first-order valence-corrected chi connectivity index (χ1v) is 7.33. The Morgan fingerprint density at radius 1 is 1.43 bits per heavy atom. The number of unbranched alkanes of at least 4 members (excludes halogenated alkanes) is 1. The first-order chi connectivity index (χ1) is 10.9. The van der Waals surface area contributed by atoms with Gasteiger partial charge in [-0.3, -0.25) is 19.1 Å². The van der Waals surface area contributed by atoms with Crippen LogP contribution in [0.3, 0.4) is 0 Å². The van der Waals surface area contributed by atoms with Crippen molar-refractivity contribution in [3.05, 3.63) is 44.5 Å². The summed E-state index contributed by atoms with van der Waals surface area (Å²) in [5.74, 6) is -0.0190. The van der Waals surface area contributed by atoms with Crippen molar-refractivity contribution in [3.63, 3.8) is 0 Å². The van der Waals surface area contributed by atoms with E-state index in [2.05, 4.69) is 4.98 Å². The van der Waals surface area contributed by atoms with E-state index in [1.807, 2.05) is 6.92 Å². The summed E-state index contributed by atoms with van der Waals surface area (Å²) >= 11 is 0. The Labute approximate surface area is 132 Å². The quantitative estimate of drug-likeness (QED) is 0.856. The van der Waals surface area contributed by atoms with Crippen LogP contribution in [0.25, 0.3) is 0 Å². The molecule has 0 aliphatic carbocycles.